The highest BCUT2D eigenvalue weighted by molar-refractivity contribution is 5.84. The molecule has 0 aliphatic heterocycles. The molecular weight excluding hydrogens is 1130 g/mol. The zero-order chi connectivity index (χ0) is 71.9. The summed E-state index contributed by atoms with van der Waals surface area (Å²) < 4.78 is 16.6. The van der Waals surface area contributed by atoms with Crippen LogP contribution in [0.2, 0.25) is 0 Å². The molecule has 0 heterocycles. The molecule has 0 rings (SSSR count). The van der Waals surface area contributed by atoms with Crippen LogP contribution in [0.15, 0.2) is 0 Å². The van der Waals surface area contributed by atoms with Gasteiger partial charge in [-0.2, -0.15) is 0 Å². The molecule has 1 amide bonds. The van der Waals surface area contributed by atoms with Crippen molar-refractivity contribution in [2.75, 3.05) is 26.4 Å². The van der Waals surface area contributed by atoms with Gasteiger partial charge in [0, 0.05) is 55.1 Å². The molecule has 0 spiro atoms. The molecule has 0 aromatic heterocycles. The van der Waals surface area contributed by atoms with Gasteiger partial charge in [0.1, 0.15) is 24.8 Å². The third-order valence-corrected chi connectivity index (χ3v) is 15.3. The summed E-state index contributed by atoms with van der Waals surface area (Å²) in [7, 11) is 0. The van der Waals surface area contributed by atoms with Gasteiger partial charge in [-0.15, -0.1) is 0 Å². The van der Waals surface area contributed by atoms with Gasteiger partial charge in [-0.25, -0.2) is 0 Å². The summed E-state index contributed by atoms with van der Waals surface area (Å²) in [5, 5.41) is 2.95. The molecule has 546 valence electrons. The molecule has 9 nitrogen and oxygen atoms in total. The first-order valence-electron chi connectivity index (χ1n) is 37.4. The highest BCUT2D eigenvalue weighted by atomic mass is 16.5. The predicted molar refractivity (Wildman–Crippen MR) is 399 cm³/mol. The van der Waals surface area contributed by atoms with Crippen LogP contribution in [-0.4, -0.2) is 72.2 Å². The van der Waals surface area contributed by atoms with Crippen molar-refractivity contribution in [3.63, 3.8) is 0 Å². The second-order valence-electron chi connectivity index (χ2n) is 37.8. The number of hydrogen-bond acceptors (Lipinski definition) is 8. The molecule has 0 fully saturated rings. The Labute approximate surface area is 570 Å². The van der Waals surface area contributed by atoms with Crippen molar-refractivity contribution < 1.29 is 38.2 Å². The van der Waals surface area contributed by atoms with E-state index in [1.54, 1.807) is 0 Å². The van der Waals surface area contributed by atoms with Crippen LogP contribution in [0.1, 0.15) is 420 Å². The van der Waals surface area contributed by atoms with Crippen LogP contribution in [0, 0.1) is 37.9 Å². The van der Waals surface area contributed by atoms with Crippen molar-refractivity contribution in [3.05, 3.63) is 0 Å². The number of Topliss-reactive ketones (excluding diaryl/α,β-unsaturated/α-hetero) is 4. The van der Waals surface area contributed by atoms with Gasteiger partial charge in [0.15, 0.2) is 11.6 Å². The molecular formula is C82H165NO8. The molecule has 9 heteroatoms. The van der Waals surface area contributed by atoms with E-state index in [1.807, 2.05) is 104 Å². The van der Waals surface area contributed by atoms with Crippen LogP contribution in [0.25, 0.3) is 0 Å². The Morgan fingerprint density at radius 3 is 0.714 bits per heavy atom. The van der Waals surface area contributed by atoms with Gasteiger partial charge in [0.25, 0.3) is 0 Å². The number of ether oxygens (including phenoxy) is 3. The highest BCUT2D eigenvalue weighted by Gasteiger charge is 2.23. The number of nitrogens with one attached hydrogen (secondary N) is 1. The van der Waals surface area contributed by atoms with E-state index >= 15 is 0 Å². The molecule has 0 radical (unpaired) electrons. The minimum absolute atomic E-state index is 0.0412. The van der Waals surface area contributed by atoms with Gasteiger partial charge in [-0.05, 0) is 155 Å². The minimum atomic E-state index is -0.282. The van der Waals surface area contributed by atoms with Gasteiger partial charge >= 0.3 is 0 Å². The van der Waals surface area contributed by atoms with Crippen molar-refractivity contribution >= 4 is 29.0 Å². The normalized spacial score (nSPS) is 12.7. The predicted octanol–water partition coefficient (Wildman–Crippen LogP) is 25.0. The summed E-state index contributed by atoms with van der Waals surface area (Å²) in [5.41, 5.74) is 0.847. The number of unbranched alkanes of at least 4 members (excludes halogenated alkanes) is 20. The zero-order valence-electron chi connectivity index (χ0n) is 67.4. The Bertz CT molecular complexity index is 1770. The SMILES string of the molecule is CC(C)(C)CCCCCCC(=O)C(C)(C)C.CC(C)(C)CCCCCCC(=O)COC(C)(C)C.CC(C)(C)CCCCCCCCCC(=O)C(C)(C)C.CC(C)(C)CCCCCCCCCC(=O)COC(C)(C)C.CC(C)(C)OCCCCCNC(=O)C(C)(C)C. The fourth-order valence-electron chi connectivity index (χ4n) is 9.05. The van der Waals surface area contributed by atoms with E-state index in [2.05, 4.69) is 109 Å². The molecule has 0 atom stereocenters. The fourth-order valence-corrected chi connectivity index (χ4v) is 9.05. The lowest BCUT2D eigenvalue weighted by Gasteiger charge is -2.19. The lowest BCUT2D eigenvalue weighted by Crippen LogP contribution is -2.35. The molecule has 0 aliphatic rings. The van der Waals surface area contributed by atoms with Crippen LogP contribution in [0.5, 0.6) is 0 Å². The van der Waals surface area contributed by atoms with E-state index in [-0.39, 0.29) is 63.7 Å². The van der Waals surface area contributed by atoms with Crippen molar-refractivity contribution in [1.29, 1.82) is 0 Å². The van der Waals surface area contributed by atoms with Crippen LogP contribution < -0.4 is 5.32 Å². The lowest BCUT2D eigenvalue weighted by molar-refractivity contribution is -0.129. The maximum atomic E-state index is 11.7. The van der Waals surface area contributed by atoms with Gasteiger partial charge in [-0.3, -0.25) is 24.0 Å². The van der Waals surface area contributed by atoms with E-state index in [9.17, 15) is 24.0 Å². The third kappa shape index (κ3) is 90.1. The Morgan fingerprint density at radius 2 is 0.484 bits per heavy atom. The largest absolute Gasteiger partial charge is 0.376 e. The fraction of sp³-hybridized carbons (Fsp3) is 0.939. The molecule has 0 aliphatic carbocycles. The van der Waals surface area contributed by atoms with Crippen molar-refractivity contribution in [2.24, 2.45) is 37.9 Å². The third-order valence-electron chi connectivity index (χ3n) is 15.3. The summed E-state index contributed by atoms with van der Waals surface area (Å²) in [6, 6.07) is 0. The Balaban J connectivity index is -0.000000340. The van der Waals surface area contributed by atoms with Crippen molar-refractivity contribution in [3.8, 4) is 0 Å². The molecule has 0 saturated heterocycles. The van der Waals surface area contributed by atoms with E-state index in [0.717, 1.165) is 77.4 Å². The maximum Gasteiger partial charge on any atom is 0.225 e. The molecule has 0 aromatic rings. The maximum absolute atomic E-state index is 11.7. The van der Waals surface area contributed by atoms with Crippen LogP contribution in [-0.2, 0) is 38.2 Å². The highest BCUT2D eigenvalue weighted by Crippen LogP contribution is 2.27. The molecule has 0 unspecified atom stereocenters. The van der Waals surface area contributed by atoms with Gasteiger partial charge < -0.3 is 19.5 Å². The van der Waals surface area contributed by atoms with Gasteiger partial charge in [-0.1, -0.05) is 261 Å². The number of carbonyl (C=O) groups is 5. The monoisotopic (exact) mass is 1290 g/mol. The Morgan fingerprint density at radius 1 is 0.253 bits per heavy atom. The zero-order valence-corrected chi connectivity index (χ0v) is 67.4. The average Bonchev–Trinajstić information content (AvgIpc) is 2.75. The average molecular weight is 1290 g/mol. The topological polar surface area (TPSA) is 125 Å². The van der Waals surface area contributed by atoms with E-state index in [0.29, 0.717) is 46.1 Å². The molecule has 0 saturated carbocycles. The molecule has 91 heavy (non-hydrogen) atoms. The first kappa shape index (κ1) is 97.7. The van der Waals surface area contributed by atoms with E-state index < -0.39 is 0 Å². The summed E-state index contributed by atoms with van der Waals surface area (Å²) in [5.74, 6) is 1.43. The Kier molecular flexibility index (Phi) is 55.1. The Hall–Kier alpha value is -1.97. The van der Waals surface area contributed by atoms with Crippen molar-refractivity contribution in [2.45, 2.75) is 436 Å². The second kappa shape index (κ2) is 51.3. The number of carbonyl (C=O) groups excluding carboxylic acids is 5. The number of rotatable bonds is 40. The van der Waals surface area contributed by atoms with Gasteiger partial charge in [0.2, 0.25) is 5.91 Å². The lowest BCUT2D eigenvalue weighted by atomic mass is 9.87. The standard InChI is InChI=1S/C19H38O2.C18H36O.C16H32O2.C15H30O.C14H29NO2/c1-18(2,3)15-13-11-9-7-8-10-12-14-17(20)16-21-19(4,5)6;1-17(2,3)15-13-11-9-7-8-10-12-14-16(19)18(4,5)6;1-15(2,3)12-10-8-7-9-11-14(17)13-18-16(4,5)6;1-14(2,3)12-10-8-7-9-11-13(16)15(4,5)6;1-13(2,3)12(16)15-10-8-7-9-11-17-14(4,5)6/h7-16H2,1-6H3;7-15H2,1-6H3;7-13H2,1-6H3;7-12H2,1-6H3;7-11H2,1-6H3,(H,15,16). The van der Waals surface area contributed by atoms with Crippen LogP contribution in [0.3, 0.4) is 0 Å². The summed E-state index contributed by atoms with van der Waals surface area (Å²) >= 11 is 0. The van der Waals surface area contributed by atoms with Crippen LogP contribution in [0.4, 0.5) is 0 Å². The van der Waals surface area contributed by atoms with Crippen LogP contribution >= 0.6 is 0 Å². The van der Waals surface area contributed by atoms with Gasteiger partial charge in [0.05, 0.1) is 16.8 Å². The number of amides is 1. The van der Waals surface area contributed by atoms with E-state index in [4.69, 9.17) is 14.2 Å². The minimum Gasteiger partial charge on any atom is -0.376 e. The molecule has 1 N–H and O–H groups in total. The number of ketones is 4. The van der Waals surface area contributed by atoms with E-state index in [1.165, 1.54) is 135 Å². The molecule has 0 bridgehead atoms. The first-order valence-corrected chi connectivity index (χ1v) is 37.4. The quantitative estimate of drug-likeness (QED) is 0.0602. The summed E-state index contributed by atoms with van der Waals surface area (Å²) in [6.07, 6.45) is 38.7. The summed E-state index contributed by atoms with van der Waals surface area (Å²) in [4.78, 5) is 58.1. The second-order valence-corrected chi connectivity index (χ2v) is 37.8. The molecule has 0 aromatic carbocycles. The first-order chi connectivity index (χ1) is 41.1. The summed E-state index contributed by atoms with van der Waals surface area (Å²) in [6.45, 7) is 65.7. The number of hydrogen-bond donors (Lipinski definition) is 1. The smallest absolute Gasteiger partial charge is 0.225 e. The van der Waals surface area contributed by atoms with Crippen molar-refractivity contribution in [1.82, 2.24) is 5.32 Å².